The molecule has 3 amide bonds. The smallest absolute Gasteiger partial charge is 0.413 e. The van der Waals surface area contributed by atoms with Crippen LogP contribution in [0.25, 0.3) is 0 Å². The number of alkyl carbamates (subject to hydrolysis) is 1. The van der Waals surface area contributed by atoms with E-state index in [0.717, 1.165) is 30.4 Å². The van der Waals surface area contributed by atoms with Crippen molar-refractivity contribution in [3.63, 3.8) is 0 Å². The van der Waals surface area contributed by atoms with E-state index in [9.17, 15) is 14.4 Å². The van der Waals surface area contributed by atoms with E-state index in [1.54, 1.807) is 13.8 Å². The Morgan fingerprint density at radius 2 is 2.00 bits per heavy atom. The first-order valence-corrected chi connectivity index (χ1v) is 9.78. The van der Waals surface area contributed by atoms with Crippen LogP contribution in [0, 0.1) is 0 Å². The molecule has 0 atom stereocenters. The van der Waals surface area contributed by atoms with Crippen LogP contribution in [0.15, 0.2) is 5.16 Å². The Morgan fingerprint density at radius 3 is 2.58 bits per heavy atom. The molecule has 1 heterocycles. The Labute approximate surface area is 156 Å². The number of amides is 3. The maximum absolute atomic E-state index is 12.4. The number of imide groups is 1. The van der Waals surface area contributed by atoms with Crippen molar-refractivity contribution in [2.45, 2.75) is 51.2 Å². The molecule has 0 spiro atoms. The third kappa shape index (κ3) is 5.45. The van der Waals surface area contributed by atoms with Crippen LogP contribution in [0.4, 0.5) is 4.79 Å². The highest BCUT2D eigenvalue weighted by molar-refractivity contribution is 7.99. The number of carbonyl (C=O) groups is 3. The van der Waals surface area contributed by atoms with Crippen molar-refractivity contribution in [1.29, 1.82) is 0 Å². The molecular formula is C16H25N5O4S. The lowest BCUT2D eigenvalue weighted by atomic mass is 10.4. The van der Waals surface area contributed by atoms with Gasteiger partial charge < -0.3 is 14.2 Å². The third-order valence-corrected chi connectivity index (χ3v) is 4.87. The molecule has 1 fully saturated rings. The quantitative estimate of drug-likeness (QED) is 0.642. The van der Waals surface area contributed by atoms with Gasteiger partial charge in [-0.2, -0.15) is 0 Å². The fraction of sp³-hybridized carbons (Fsp3) is 0.688. The van der Waals surface area contributed by atoms with Gasteiger partial charge in [0.05, 0.1) is 12.4 Å². The van der Waals surface area contributed by atoms with Gasteiger partial charge in [-0.05, 0) is 33.6 Å². The van der Waals surface area contributed by atoms with E-state index in [1.165, 1.54) is 16.7 Å². The Kier molecular flexibility index (Phi) is 7.43. The number of likely N-dealkylation sites (N-methyl/N-ethyl adjacent to an activating group) is 1. The van der Waals surface area contributed by atoms with Gasteiger partial charge in [0.2, 0.25) is 11.8 Å². The molecule has 1 N–H and O–H groups in total. The van der Waals surface area contributed by atoms with Crippen LogP contribution in [-0.2, 0) is 20.9 Å². The minimum Gasteiger partial charge on any atom is -0.450 e. The summed E-state index contributed by atoms with van der Waals surface area (Å²) >= 11 is 1.31. The molecule has 9 nitrogen and oxygen atoms in total. The lowest BCUT2D eigenvalue weighted by molar-refractivity contribution is -0.133. The molecule has 10 heteroatoms. The molecule has 0 saturated heterocycles. The number of carbonyl (C=O) groups excluding carboxylic acids is 3. The molecule has 1 aromatic rings. The second-order valence-corrected chi connectivity index (χ2v) is 6.77. The topological polar surface area (TPSA) is 106 Å². The highest BCUT2D eigenvalue weighted by Gasteiger charge is 2.30. The van der Waals surface area contributed by atoms with Crippen molar-refractivity contribution in [2.24, 2.45) is 0 Å². The van der Waals surface area contributed by atoms with Crippen LogP contribution in [0.1, 0.15) is 45.4 Å². The predicted octanol–water partition coefficient (Wildman–Crippen LogP) is 1.39. The van der Waals surface area contributed by atoms with Gasteiger partial charge in [-0.15, -0.1) is 10.2 Å². The minimum absolute atomic E-state index is 0.156. The maximum Gasteiger partial charge on any atom is 0.413 e. The van der Waals surface area contributed by atoms with E-state index in [1.807, 2.05) is 11.5 Å². The molecule has 0 aromatic carbocycles. The fourth-order valence-corrected chi connectivity index (χ4v) is 3.35. The number of ether oxygens (including phenoxy) is 1. The summed E-state index contributed by atoms with van der Waals surface area (Å²) in [7, 11) is 0. The molecule has 2 rings (SSSR count). The van der Waals surface area contributed by atoms with Crippen molar-refractivity contribution < 1.29 is 19.1 Å². The number of hydrogen-bond donors (Lipinski definition) is 1. The summed E-state index contributed by atoms with van der Waals surface area (Å²) in [6.45, 7) is 6.56. The van der Waals surface area contributed by atoms with E-state index in [-0.39, 0.29) is 24.8 Å². The molecule has 0 bridgehead atoms. The molecule has 0 radical (unpaired) electrons. The zero-order valence-corrected chi connectivity index (χ0v) is 16.2. The molecule has 1 aliphatic rings. The first-order chi connectivity index (χ1) is 12.5. The van der Waals surface area contributed by atoms with Crippen molar-refractivity contribution in [1.82, 2.24) is 25.0 Å². The zero-order valence-electron chi connectivity index (χ0n) is 15.4. The first-order valence-electron chi connectivity index (χ1n) is 8.80. The highest BCUT2D eigenvalue weighted by atomic mass is 32.2. The van der Waals surface area contributed by atoms with Crippen LogP contribution in [-0.4, -0.2) is 63.0 Å². The van der Waals surface area contributed by atoms with Crippen LogP contribution in [0.2, 0.25) is 0 Å². The van der Waals surface area contributed by atoms with Gasteiger partial charge in [0.15, 0.2) is 5.16 Å². The van der Waals surface area contributed by atoms with Gasteiger partial charge >= 0.3 is 6.09 Å². The van der Waals surface area contributed by atoms with Gasteiger partial charge in [-0.25, -0.2) is 4.79 Å². The average Bonchev–Trinajstić information content (AvgIpc) is 3.37. The van der Waals surface area contributed by atoms with Gasteiger partial charge in [0, 0.05) is 19.0 Å². The van der Waals surface area contributed by atoms with Crippen molar-refractivity contribution in [3.8, 4) is 0 Å². The SMILES string of the molecule is CCOC(=O)NC(=O)CN(CC)C(=O)CSc1nnc(C2CC2)n1CC. The van der Waals surface area contributed by atoms with Crippen molar-refractivity contribution in [3.05, 3.63) is 5.82 Å². The largest absolute Gasteiger partial charge is 0.450 e. The van der Waals surface area contributed by atoms with E-state index in [2.05, 4.69) is 20.3 Å². The number of thioether (sulfide) groups is 1. The summed E-state index contributed by atoms with van der Waals surface area (Å²) in [6, 6.07) is 0. The van der Waals surface area contributed by atoms with E-state index in [4.69, 9.17) is 0 Å². The van der Waals surface area contributed by atoms with Gasteiger partial charge in [-0.3, -0.25) is 14.9 Å². The summed E-state index contributed by atoms with van der Waals surface area (Å²) in [5, 5.41) is 11.2. The summed E-state index contributed by atoms with van der Waals surface area (Å²) in [6.07, 6.45) is 1.47. The van der Waals surface area contributed by atoms with Gasteiger partial charge in [-0.1, -0.05) is 11.8 Å². The number of aromatic nitrogens is 3. The highest BCUT2D eigenvalue weighted by Crippen LogP contribution is 2.39. The van der Waals surface area contributed by atoms with Crippen LogP contribution in [0.3, 0.4) is 0 Å². The predicted molar refractivity (Wildman–Crippen MR) is 95.8 cm³/mol. The lowest BCUT2D eigenvalue weighted by Crippen LogP contribution is -2.43. The van der Waals surface area contributed by atoms with Gasteiger partial charge in [0.25, 0.3) is 0 Å². The van der Waals surface area contributed by atoms with Crippen LogP contribution >= 0.6 is 11.8 Å². The Balaban J connectivity index is 1.87. The van der Waals surface area contributed by atoms with Crippen molar-refractivity contribution in [2.75, 3.05) is 25.4 Å². The second kappa shape index (κ2) is 9.56. The lowest BCUT2D eigenvalue weighted by Gasteiger charge is -2.19. The van der Waals surface area contributed by atoms with E-state index >= 15 is 0 Å². The third-order valence-electron chi connectivity index (χ3n) is 3.91. The summed E-state index contributed by atoms with van der Waals surface area (Å²) < 4.78 is 6.69. The molecular weight excluding hydrogens is 358 g/mol. The van der Waals surface area contributed by atoms with Crippen molar-refractivity contribution >= 4 is 29.7 Å². The summed E-state index contributed by atoms with van der Waals surface area (Å²) in [5.41, 5.74) is 0. The molecule has 1 aromatic heterocycles. The second-order valence-electron chi connectivity index (χ2n) is 5.82. The summed E-state index contributed by atoms with van der Waals surface area (Å²) in [5.74, 6) is 0.866. The first kappa shape index (κ1) is 20.2. The summed E-state index contributed by atoms with van der Waals surface area (Å²) in [4.78, 5) is 36.9. The normalized spacial score (nSPS) is 13.3. The Hall–Kier alpha value is -2.10. The standard InChI is InChI=1S/C16H25N5O4S/c1-4-20(9-12(22)17-16(24)25-6-3)13(23)10-26-15-19-18-14(11-7-8-11)21(15)5-2/h11H,4-10H2,1-3H3,(H,17,22,24). The number of nitrogens with zero attached hydrogens (tertiary/aromatic N) is 4. The Morgan fingerprint density at radius 1 is 1.27 bits per heavy atom. The molecule has 26 heavy (non-hydrogen) atoms. The average molecular weight is 383 g/mol. The van der Waals surface area contributed by atoms with Crippen LogP contribution < -0.4 is 5.32 Å². The molecule has 1 aliphatic carbocycles. The molecule has 144 valence electrons. The minimum atomic E-state index is -0.806. The van der Waals surface area contributed by atoms with Gasteiger partial charge in [0.1, 0.15) is 12.4 Å². The number of rotatable bonds is 9. The van der Waals surface area contributed by atoms with E-state index in [0.29, 0.717) is 12.5 Å². The monoisotopic (exact) mass is 383 g/mol. The fourth-order valence-electron chi connectivity index (χ4n) is 2.44. The van der Waals surface area contributed by atoms with Crippen LogP contribution in [0.5, 0.6) is 0 Å². The molecule has 1 saturated carbocycles. The Bertz CT molecular complexity index is 659. The molecule has 0 unspecified atom stereocenters. The number of hydrogen-bond acceptors (Lipinski definition) is 7. The number of nitrogens with one attached hydrogen (secondary N) is 1. The van der Waals surface area contributed by atoms with E-state index < -0.39 is 12.0 Å². The maximum atomic E-state index is 12.4. The molecule has 0 aliphatic heterocycles. The zero-order chi connectivity index (χ0) is 19.1.